The fourth-order valence-corrected chi connectivity index (χ4v) is 5.53. The van der Waals surface area contributed by atoms with Crippen LogP contribution in [0.15, 0.2) is 4.99 Å². The van der Waals surface area contributed by atoms with Crippen LogP contribution in [0, 0.1) is 11.3 Å². The molecule has 7 nitrogen and oxygen atoms in total. The smallest absolute Gasteiger partial charge is 0.407 e. The van der Waals surface area contributed by atoms with Gasteiger partial charge in [-0.25, -0.2) is 4.79 Å². The molecule has 4 fully saturated rings. The Morgan fingerprint density at radius 3 is 2.66 bits per heavy atom. The van der Waals surface area contributed by atoms with Gasteiger partial charge in [0.25, 0.3) is 0 Å². The van der Waals surface area contributed by atoms with E-state index in [4.69, 9.17) is 14.5 Å². The first-order valence-corrected chi connectivity index (χ1v) is 11.0. The first-order valence-electron chi connectivity index (χ1n) is 11.0. The van der Waals surface area contributed by atoms with E-state index in [9.17, 15) is 4.79 Å². The highest BCUT2D eigenvalue weighted by Gasteiger charge is 2.66. The molecule has 2 aliphatic heterocycles. The van der Waals surface area contributed by atoms with Crippen LogP contribution >= 0.6 is 24.0 Å². The second kappa shape index (κ2) is 8.77. The summed E-state index contributed by atoms with van der Waals surface area (Å²) in [5.41, 5.74) is -0.135. The van der Waals surface area contributed by atoms with E-state index in [1.807, 2.05) is 20.8 Å². The van der Waals surface area contributed by atoms with Crippen LogP contribution < -0.4 is 10.6 Å². The quantitative estimate of drug-likeness (QED) is 0.340. The first kappa shape index (κ1) is 22.9. The van der Waals surface area contributed by atoms with Gasteiger partial charge in [-0.2, -0.15) is 0 Å². The Labute approximate surface area is 191 Å². The van der Waals surface area contributed by atoms with Crippen LogP contribution in [-0.4, -0.2) is 67.0 Å². The van der Waals surface area contributed by atoms with E-state index < -0.39 is 5.60 Å². The molecule has 4 unspecified atom stereocenters. The molecule has 4 aliphatic rings. The SMILES string of the molecule is CCN=C(NC1C2CCOC2C12CCC2)N1CCC(NC(=O)OC(C)(C)C)C1.I. The number of guanidine groups is 1. The Morgan fingerprint density at radius 1 is 1.28 bits per heavy atom. The number of halogens is 1. The molecule has 2 N–H and O–H groups in total. The number of hydrogen-bond donors (Lipinski definition) is 2. The normalized spacial score (nSPS) is 32.7. The number of carbonyl (C=O) groups excluding carboxylic acids is 1. The van der Waals surface area contributed by atoms with Gasteiger partial charge in [0.15, 0.2) is 5.96 Å². The van der Waals surface area contributed by atoms with Gasteiger partial charge in [-0.1, -0.05) is 6.42 Å². The molecule has 0 bridgehead atoms. The lowest BCUT2D eigenvalue weighted by atomic mass is 9.46. The Balaban J connectivity index is 0.00000240. The van der Waals surface area contributed by atoms with Crippen molar-refractivity contribution in [2.45, 2.75) is 83.6 Å². The molecule has 29 heavy (non-hydrogen) atoms. The predicted molar refractivity (Wildman–Crippen MR) is 124 cm³/mol. The fraction of sp³-hybridized carbons (Fsp3) is 0.905. The monoisotopic (exact) mass is 520 g/mol. The number of ether oxygens (including phenoxy) is 2. The minimum Gasteiger partial charge on any atom is -0.444 e. The molecule has 2 saturated carbocycles. The summed E-state index contributed by atoms with van der Waals surface area (Å²) >= 11 is 0. The number of hydrogen-bond acceptors (Lipinski definition) is 4. The van der Waals surface area contributed by atoms with E-state index in [-0.39, 0.29) is 36.1 Å². The molecule has 1 amide bonds. The zero-order valence-electron chi connectivity index (χ0n) is 18.2. The third kappa shape index (κ3) is 4.48. The molecular formula is C21H37IN4O3. The van der Waals surface area contributed by atoms with E-state index in [1.54, 1.807) is 0 Å². The maximum Gasteiger partial charge on any atom is 0.407 e. The maximum absolute atomic E-state index is 12.1. The van der Waals surface area contributed by atoms with Gasteiger partial charge in [-0.3, -0.25) is 4.99 Å². The summed E-state index contributed by atoms with van der Waals surface area (Å²) in [5, 5.41) is 6.84. The average molecular weight is 520 g/mol. The van der Waals surface area contributed by atoms with E-state index in [0.29, 0.717) is 23.5 Å². The summed E-state index contributed by atoms with van der Waals surface area (Å²) in [5.74, 6) is 1.62. The number of alkyl carbamates (subject to hydrolysis) is 1. The zero-order chi connectivity index (χ0) is 19.9. The highest BCUT2D eigenvalue weighted by molar-refractivity contribution is 14.0. The summed E-state index contributed by atoms with van der Waals surface area (Å²) in [6.45, 7) is 11.1. The lowest BCUT2D eigenvalue weighted by Crippen LogP contribution is -2.72. The van der Waals surface area contributed by atoms with Crippen molar-refractivity contribution in [2.24, 2.45) is 16.3 Å². The third-order valence-electron chi connectivity index (χ3n) is 6.84. The van der Waals surface area contributed by atoms with E-state index in [2.05, 4.69) is 22.5 Å². The van der Waals surface area contributed by atoms with Crippen LogP contribution in [0.3, 0.4) is 0 Å². The summed E-state index contributed by atoms with van der Waals surface area (Å²) in [7, 11) is 0. The average Bonchev–Trinajstić information content (AvgIpc) is 3.16. The Morgan fingerprint density at radius 2 is 2.03 bits per heavy atom. The first-order chi connectivity index (χ1) is 13.3. The van der Waals surface area contributed by atoms with Gasteiger partial charge in [0.1, 0.15) is 5.60 Å². The molecule has 166 valence electrons. The molecule has 0 aromatic carbocycles. The molecule has 0 aromatic rings. The van der Waals surface area contributed by atoms with Gasteiger partial charge in [-0.05, 0) is 53.4 Å². The highest BCUT2D eigenvalue weighted by Crippen LogP contribution is 2.62. The number of likely N-dealkylation sites (tertiary alicyclic amines) is 1. The van der Waals surface area contributed by atoms with Gasteiger partial charge in [-0.15, -0.1) is 24.0 Å². The molecule has 4 atom stereocenters. The molecule has 2 heterocycles. The van der Waals surface area contributed by atoms with Crippen molar-refractivity contribution < 1.29 is 14.3 Å². The van der Waals surface area contributed by atoms with Gasteiger partial charge < -0.3 is 25.0 Å². The molecule has 0 aromatic heterocycles. The maximum atomic E-state index is 12.1. The minimum absolute atomic E-state index is 0. The van der Waals surface area contributed by atoms with Gasteiger partial charge in [0, 0.05) is 43.6 Å². The van der Waals surface area contributed by atoms with Crippen molar-refractivity contribution in [2.75, 3.05) is 26.2 Å². The standard InChI is InChI=1S/C21H36N4O3.HI/c1-5-22-18(24-16-15-8-12-27-17(15)21(16)9-6-10-21)25-11-7-14(13-25)23-19(26)28-20(2,3)4;/h14-17H,5-13H2,1-4H3,(H,22,24)(H,23,26);1H. The number of amides is 1. The predicted octanol–water partition coefficient (Wildman–Crippen LogP) is 3.13. The lowest BCUT2D eigenvalue weighted by Gasteiger charge is -2.63. The third-order valence-corrected chi connectivity index (χ3v) is 6.84. The lowest BCUT2D eigenvalue weighted by molar-refractivity contribution is -0.171. The molecule has 1 spiro atoms. The molecule has 0 radical (unpaired) electrons. The Kier molecular flexibility index (Phi) is 6.92. The number of nitrogens with one attached hydrogen (secondary N) is 2. The van der Waals surface area contributed by atoms with Gasteiger partial charge in [0.2, 0.25) is 0 Å². The topological polar surface area (TPSA) is 75.2 Å². The Hall–Kier alpha value is -0.770. The minimum atomic E-state index is -0.472. The van der Waals surface area contributed by atoms with Crippen molar-refractivity contribution >= 4 is 36.0 Å². The zero-order valence-corrected chi connectivity index (χ0v) is 20.5. The summed E-state index contributed by atoms with van der Waals surface area (Å²) < 4.78 is 11.5. The molecule has 2 saturated heterocycles. The molecular weight excluding hydrogens is 483 g/mol. The van der Waals surface area contributed by atoms with Crippen molar-refractivity contribution in [3.8, 4) is 0 Å². The van der Waals surface area contributed by atoms with Crippen molar-refractivity contribution in [3.63, 3.8) is 0 Å². The van der Waals surface area contributed by atoms with Crippen LogP contribution in [0.25, 0.3) is 0 Å². The molecule has 2 aliphatic carbocycles. The number of aliphatic imine (C=N–C) groups is 1. The van der Waals surface area contributed by atoms with E-state index in [0.717, 1.165) is 45.0 Å². The van der Waals surface area contributed by atoms with Crippen molar-refractivity contribution in [1.82, 2.24) is 15.5 Å². The van der Waals surface area contributed by atoms with Crippen molar-refractivity contribution in [1.29, 1.82) is 0 Å². The number of rotatable bonds is 3. The van der Waals surface area contributed by atoms with Gasteiger partial charge in [0.05, 0.1) is 12.1 Å². The van der Waals surface area contributed by atoms with Crippen LogP contribution in [0.4, 0.5) is 4.79 Å². The largest absolute Gasteiger partial charge is 0.444 e. The number of fused-ring (bicyclic) bond motifs is 2. The second-order valence-corrected chi connectivity index (χ2v) is 9.83. The highest BCUT2D eigenvalue weighted by atomic mass is 127. The van der Waals surface area contributed by atoms with E-state index >= 15 is 0 Å². The van der Waals surface area contributed by atoms with Gasteiger partial charge >= 0.3 is 6.09 Å². The molecule has 4 rings (SSSR count). The summed E-state index contributed by atoms with van der Waals surface area (Å²) in [6.07, 6.45) is 6.06. The van der Waals surface area contributed by atoms with Crippen LogP contribution in [0.1, 0.15) is 59.8 Å². The van der Waals surface area contributed by atoms with Crippen LogP contribution in [-0.2, 0) is 9.47 Å². The van der Waals surface area contributed by atoms with Crippen LogP contribution in [0.2, 0.25) is 0 Å². The second-order valence-electron chi connectivity index (χ2n) is 9.83. The number of carbonyl (C=O) groups is 1. The van der Waals surface area contributed by atoms with Crippen molar-refractivity contribution in [3.05, 3.63) is 0 Å². The number of nitrogens with zero attached hydrogens (tertiary/aromatic N) is 2. The fourth-order valence-electron chi connectivity index (χ4n) is 5.53. The molecule has 8 heteroatoms. The Bertz CT molecular complexity index is 632. The van der Waals surface area contributed by atoms with E-state index in [1.165, 1.54) is 19.3 Å². The summed E-state index contributed by atoms with van der Waals surface area (Å²) in [4.78, 5) is 19.2. The summed E-state index contributed by atoms with van der Waals surface area (Å²) in [6, 6.07) is 0.581. The van der Waals surface area contributed by atoms with Crippen LogP contribution in [0.5, 0.6) is 0 Å².